The normalized spacial score (nSPS) is 22.4. The molecule has 0 fully saturated rings. The van der Waals surface area contributed by atoms with Gasteiger partial charge in [-0.1, -0.05) is 36.4 Å². The fraction of sp³-hybridized carbons (Fsp3) is 0.200. The number of benzene rings is 2. The van der Waals surface area contributed by atoms with Crippen LogP contribution in [0.25, 0.3) is 0 Å². The molecule has 1 aliphatic carbocycles. The molecular formula is C15H15NO. The molecule has 0 spiro atoms. The molecule has 2 atom stereocenters. The molecule has 1 aliphatic rings. The lowest BCUT2D eigenvalue weighted by Crippen LogP contribution is -2.15. The SMILES string of the molecule is NC1c2ccccc2CC1c1ccc(O)cc1. The number of phenolic OH excluding ortho intramolecular Hbond substituents is 1. The number of rotatable bonds is 1. The second kappa shape index (κ2) is 3.90. The van der Waals surface area contributed by atoms with Gasteiger partial charge in [-0.25, -0.2) is 0 Å². The topological polar surface area (TPSA) is 46.2 Å². The highest BCUT2D eigenvalue weighted by Gasteiger charge is 2.30. The lowest BCUT2D eigenvalue weighted by atomic mass is 9.93. The molecule has 0 amide bonds. The zero-order valence-corrected chi connectivity index (χ0v) is 9.51. The largest absolute Gasteiger partial charge is 0.508 e. The van der Waals surface area contributed by atoms with E-state index in [9.17, 15) is 5.11 Å². The highest BCUT2D eigenvalue weighted by molar-refractivity contribution is 5.41. The fourth-order valence-corrected chi connectivity index (χ4v) is 2.67. The van der Waals surface area contributed by atoms with Crippen LogP contribution in [0.5, 0.6) is 5.75 Å². The molecule has 2 nitrogen and oxygen atoms in total. The van der Waals surface area contributed by atoms with E-state index in [4.69, 9.17) is 5.73 Å². The van der Waals surface area contributed by atoms with Crippen LogP contribution in [0.4, 0.5) is 0 Å². The van der Waals surface area contributed by atoms with E-state index in [2.05, 4.69) is 18.2 Å². The van der Waals surface area contributed by atoms with E-state index in [1.165, 1.54) is 16.7 Å². The maximum absolute atomic E-state index is 9.31. The first-order valence-electron chi connectivity index (χ1n) is 5.88. The maximum Gasteiger partial charge on any atom is 0.115 e. The summed E-state index contributed by atoms with van der Waals surface area (Å²) in [7, 11) is 0. The van der Waals surface area contributed by atoms with Gasteiger partial charge < -0.3 is 10.8 Å². The summed E-state index contributed by atoms with van der Waals surface area (Å²) in [5.74, 6) is 0.630. The number of hydrogen-bond acceptors (Lipinski definition) is 2. The summed E-state index contributed by atoms with van der Waals surface area (Å²) < 4.78 is 0. The molecule has 0 saturated heterocycles. The summed E-state index contributed by atoms with van der Waals surface area (Å²) in [6.07, 6.45) is 0.988. The maximum atomic E-state index is 9.31. The van der Waals surface area contributed by atoms with E-state index in [0.29, 0.717) is 11.7 Å². The smallest absolute Gasteiger partial charge is 0.115 e. The molecule has 0 heterocycles. The Bertz CT molecular complexity index is 533. The van der Waals surface area contributed by atoms with Gasteiger partial charge >= 0.3 is 0 Å². The molecule has 0 bridgehead atoms. The predicted octanol–water partition coefficient (Wildman–Crippen LogP) is 2.73. The fourth-order valence-electron chi connectivity index (χ4n) is 2.67. The van der Waals surface area contributed by atoms with Crippen LogP contribution in [0.3, 0.4) is 0 Å². The minimum atomic E-state index is 0.0655. The second-order valence-corrected chi connectivity index (χ2v) is 4.63. The van der Waals surface area contributed by atoms with Crippen LogP contribution >= 0.6 is 0 Å². The van der Waals surface area contributed by atoms with Gasteiger partial charge in [0.15, 0.2) is 0 Å². The van der Waals surface area contributed by atoms with Gasteiger partial charge in [-0.05, 0) is 35.2 Å². The third kappa shape index (κ3) is 1.71. The Morgan fingerprint density at radius 3 is 2.41 bits per heavy atom. The summed E-state index contributed by atoms with van der Waals surface area (Å²) in [6.45, 7) is 0. The molecular weight excluding hydrogens is 210 g/mol. The van der Waals surface area contributed by atoms with E-state index < -0.39 is 0 Å². The third-order valence-corrected chi connectivity index (χ3v) is 3.61. The van der Waals surface area contributed by atoms with Crippen LogP contribution < -0.4 is 5.73 Å². The Morgan fingerprint density at radius 2 is 1.71 bits per heavy atom. The molecule has 2 unspecified atom stereocenters. The van der Waals surface area contributed by atoms with E-state index in [-0.39, 0.29) is 6.04 Å². The van der Waals surface area contributed by atoms with Crippen LogP contribution in [0.1, 0.15) is 28.7 Å². The Kier molecular flexibility index (Phi) is 2.37. The Balaban J connectivity index is 1.96. The summed E-state index contributed by atoms with van der Waals surface area (Å²) in [5, 5.41) is 9.31. The van der Waals surface area contributed by atoms with Crippen molar-refractivity contribution < 1.29 is 5.11 Å². The first-order valence-corrected chi connectivity index (χ1v) is 5.88. The van der Waals surface area contributed by atoms with Gasteiger partial charge in [0.1, 0.15) is 5.75 Å². The van der Waals surface area contributed by atoms with E-state index in [0.717, 1.165) is 6.42 Å². The number of phenols is 1. The molecule has 86 valence electrons. The molecule has 3 N–H and O–H groups in total. The van der Waals surface area contributed by atoms with Crippen LogP contribution in [-0.2, 0) is 6.42 Å². The highest BCUT2D eigenvalue weighted by Crippen LogP contribution is 2.40. The Morgan fingerprint density at radius 1 is 1.00 bits per heavy atom. The monoisotopic (exact) mass is 225 g/mol. The highest BCUT2D eigenvalue weighted by atomic mass is 16.3. The molecule has 2 heteroatoms. The average molecular weight is 225 g/mol. The zero-order valence-electron chi connectivity index (χ0n) is 9.51. The quantitative estimate of drug-likeness (QED) is 0.784. The molecule has 3 rings (SSSR count). The van der Waals surface area contributed by atoms with Crippen molar-refractivity contribution in [1.82, 2.24) is 0 Å². The van der Waals surface area contributed by atoms with Crippen LogP contribution in [0.2, 0.25) is 0 Å². The summed E-state index contributed by atoms with van der Waals surface area (Å²) in [4.78, 5) is 0. The zero-order chi connectivity index (χ0) is 11.8. The standard InChI is InChI=1S/C15H15NO/c16-15-13-4-2-1-3-11(13)9-14(15)10-5-7-12(17)8-6-10/h1-8,14-15,17H,9,16H2. The molecule has 0 saturated carbocycles. The van der Waals surface area contributed by atoms with Gasteiger partial charge in [-0.2, -0.15) is 0 Å². The lowest BCUT2D eigenvalue weighted by Gasteiger charge is -2.16. The minimum absolute atomic E-state index is 0.0655. The predicted molar refractivity (Wildman–Crippen MR) is 67.9 cm³/mol. The molecule has 17 heavy (non-hydrogen) atoms. The number of fused-ring (bicyclic) bond motifs is 1. The molecule has 0 radical (unpaired) electrons. The number of hydrogen-bond donors (Lipinski definition) is 2. The van der Waals surface area contributed by atoms with E-state index in [1.807, 2.05) is 18.2 Å². The van der Waals surface area contributed by atoms with Crippen molar-refractivity contribution in [2.75, 3.05) is 0 Å². The Hall–Kier alpha value is -1.80. The second-order valence-electron chi connectivity index (χ2n) is 4.63. The molecule has 0 aromatic heterocycles. The molecule has 0 aliphatic heterocycles. The lowest BCUT2D eigenvalue weighted by molar-refractivity contribution is 0.474. The van der Waals surface area contributed by atoms with Gasteiger partial charge in [-0.3, -0.25) is 0 Å². The van der Waals surface area contributed by atoms with Crippen molar-refractivity contribution in [3.05, 3.63) is 65.2 Å². The number of aromatic hydroxyl groups is 1. The van der Waals surface area contributed by atoms with Gasteiger partial charge in [0, 0.05) is 12.0 Å². The first-order chi connectivity index (χ1) is 8.25. The average Bonchev–Trinajstić information content (AvgIpc) is 2.69. The van der Waals surface area contributed by atoms with Crippen molar-refractivity contribution in [2.45, 2.75) is 18.4 Å². The van der Waals surface area contributed by atoms with Gasteiger partial charge in [0.25, 0.3) is 0 Å². The summed E-state index contributed by atoms with van der Waals surface area (Å²) >= 11 is 0. The van der Waals surface area contributed by atoms with Crippen molar-refractivity contribution in [1.29, 1.82) is 0 Å². The van der Waals surface area contributed by atoms with Crippen LogP contribution in [0.15, 0.2) is 48.5 Å². The van der Waals surface area contributed by atoms with Gasteiger partial charge in [0.2, 0.25) is 0 Å². The molecule has 2 aromatic carbocycles. The van der Waals surface area contributed by atoms with Crippen molar-refractivity contribution in [2.24, 2.45) is 5.73 Å². The minimum Gasteiger partial charge on any atom is -0.508 e. The van der Waals surface area contributed by atoms with Crippen LogP contribution in [-0.4, -0.2) is 5.11 Å². The Labute approximate surface area is 101 Å². The van der Waals surface area contributed by atoms with Crippen molar-refractivity contribution in [3.8, 4) is 5.75 Å². The van der Waals surface area contributed by atoms with E-state index in [1.54, 1.807) is 12.1 Å². The van der Waals surface area contributed by atoms with Gasteiger partial charge in [-0.15, -0.1) is 0 Å². The van der Waals surface area contributed by atoms with E-state index >= 15 is 0 Å². The molecule has 2 aromatic rings. The summed E-state index contributed by atoms with van der Waals surface area (Å²) in [6, 6.07) is 15.8. The van der Waals surface area contributed by atoms with Crippen molar-refractivity contribution in [3.63, 3.8) is 0 Å². The van der Waals surface area contributed by atoms with Crippen molar-refractivity contribution >= 4 is 0 Å². The van der Waals surface area contributed by atoms with Gasteiger partial charge in [0.05, 0.1) is 0 Å². The van der Waals surface area contributed by atoms with Crippen LogP contribution in [0, 0.1) is 0 Å². The third-order valence-electron chi connectivity index (χ3n) is 3.61. The first kappa shape index (κ1) is 10.4. The summed E-state index contributed by atoms with van der Waals surface area (Å²) in [5.41, 5.74) is 10.1. The number of nitrogens with two attached hydrogens (primary N) is 1.